The van der Waals surface area contributed by atoms with Crippen molar-refractivity contribution in [1.82, 2.24) is 9.97 Å². The van der Waals surface area contributed by atoms with Crippen LogP contribution >= 0.6 is 11.3 Å². The number of thiophene rings is 1. The summed E-state index contributed by atoms with van der Waals surface area (Å²) in [5.74, 6) is 2.26. The average molecular weight is 362 g/mol. The van der Waals surface area contributed by atoms with Gasteiger partial charge in [0.15, 0.2) is 17.3 Å². The molecule has 26 heavy (non-hydrogen) atoms. The van der Waals surface area contributed by atoms with Gasteiger partial charge in [-0.25, -0.2) is 9.97 Å². The molecule has 0 unspecified atom stereocenters. The maximum Gasteiger partial charge on any atom is 0.231 e. The van der Waals surface area contributed by atoms with Crippen LogP contribution in [0.4, 0.5) is 22.2 Å². The molecule has 5 rings (SSSR count). The number of para-hydroxylation sites is 1. The number of nitrogens with one attached hydrogen (secondary N) is 2. The van der Waals surface area contributed by atoms with Crippen molar-refractivity contribution in [3.63, 3.8) is 0 Å². The molecule has 0 atom stereocenters. The molecule has 2 N–H and O–H groups in total. The lowest BCUT2D eigenvalue weighted by atomic mass is 10.2. The van der Waals surface area contributed by atoms with Gasteiger partial charge in [-0.2, -0.15) is 0 Å². The summed E-state index contributed by atoms with van der Waals surface area (Å²) in [7, 11) is 0. The van der Waals surface area contributed by atoms with Crippen LogP contribution in [-0.4, -0.2) is 16.8 Å². The molecule has 3 heterocycles. The third kappa shape index (κ3) is 2.78. The Bertz CT molecular complexity index is 1080. The van der Waals surface area contributed by atoms with E-state index in [4.69, 9.17) is 9.47 Å². The molecule has 0 spiro atoms. The fourth-order valence-electron chi connectivity index (χ4n) is 2.78. The van der Waals surface area contributed by atoms with Gasteiger partial charge in [-0.1, -0.05) is 18.2 Å². The van der Waals surface area contributed by atoms with Gasteiger partial charge in [0.05, 0.1) is 15.2 Å². The molecule has 0 saturated carbocycles. The van der Waals surface area contributed by atoms with Crippen LogP contribution in [0.5, 0.6) is 11.5 Å². The number of aromatic nitrogens is 2. The highest BCUT2D eigenvalue weighted by atomic mass is 32.1. The molecule has 0 saturated heterocycles. The van der Waals surface area contributed by atoms with Crippen molar-refractivity contribution < 1.29 is 9.47 Å². The quantitative estimate of drug-likeness (QED) is 0.538. The molecular weight excluding hydrogens is 348 g/mol. The first-order chi connectivity index (χ1) is 12.8. The molecule has 7 heteroatoms. The van der Waals surface area contributed by atoms with Gasteiger partial charge in [-0.3, -0.25) is 0 Å². The Hall–Kier alpha value is -3.32. The number of nitrogens with zero attached hydrogens (tertiary/aromatic N) is 2. The minimum absolute atomic E-state index is 0.260. The van der Waals surface area contributed by atoms with E-state index in [0.29, 0.717) is 0 Å². The van der Waals surface area contributed by atoms with Crippen LogP contribution in [0.15, 0.2) is 60.9 Å². The van der Waals surface area contributed by atoms with Gasteiger partial charge in [0.25, 0.3) is 0 Å². The zero-order chi connectivity index (χ0) is 17.3. The van der Waals surface area contributed by atoms with Gasteiger partial charge in [0.2, 0.25) is 6.79 Å². The molecule has 1 aliphatic rings. The van der Waals surface area contributed by atoms with Crippen molar-refractivity contribution >= 4 is 43.7 Å². The normalized spacial score (nSPS) is 12.3. The van der Waals surface area contributed by atoms with E-state index in [1.165, 1.54) is 0 Å². The van der Waals surface area contributed by atoms with Crippen molar-refractivity contribution in [2.45, 2.75) is 0 Å². The van der Waals surface area contributed by atoms with Gasteiger partial charge < -0.3 is 20.1 Å². The smallest absolute Gasteiger partial charge is 0.231 e. The number of hydrogen-bond acceptors (Lipinski definition) is 7. The van der Waals surface area contributed by atoms with Crippen LogP contribution < -0.4 is 20.1 Å². The molecule has 128 valence electrons. The lowest BCUT2D eigenvalue weighted by molar-refractivity contribution is 0.174. The van der Waals surface area contributed by atoms with Crippen molar-refractivity contribution in [3.8, 4) is 11.5 Å². The molecule has 0 amide bonds. The summed E-state index contributed by atoms with van der Waals surface area (Å²) < 4.78 is 11.8. The van der Waals surface area contributed by atoms with Crippen LogP contribution in [0, 0.1) is 0 Å². The van der Waals surface area contributed by atoms with Gasteiger partial charge in [-0.15, -0.1) is 11.3 Å². The Balaban J connectivity index is 1.46. The predicted molar refractivity (Wildman–Crippen MR) is 103 cm³/mol. The summed E-state index contributed by atoms with van der Waals surface area (Å²) >= 11 is 1.61. The highest BCUT2D eigenvalue weighted by Crippen LogP contribution is 2.38. The third-order valence-corrected chi connectivity index (χ3v) is 5.03. The summed E-state index contributed by atoms with van der Waals surface area (Å²) in [5.41, 5.74) is 2.82. The number of fused-ring (bicyclic) bond motifs is 2. The Kier molecular flexibility index (Phi) is 3.57. The van der Waals surface area contributed by atoms with Crippen LogP contribution in [0.1, 0.15) is 0 Å². The molecule has 2 aromatic heterocycles. The first-order valence-electron chi connectivity index (χ1n) is 8.08. The van der Waals surface area contributed by atoms with E-state index in [2.05, 4.69) is 20.6 Å². The SMILES string of the molecule is c1ccc(Nc2cc3ncnc(Nc4ccc5c(c4)OCO5)c3s2)cc1. The average Bonchev–Trinajstić information content (AvgIpc) is 3.29. The molecule has 0 radical (unpaired) electrons. The molecule has 1 aliphatic heterocycles. The Morgan fingerprint density at radius 2 is 1.73 bits per heavy atom. The van der Waals surface area contributed by atoms with E-state index in [1.807, 2.05) is 54.6 Å². The fourth-order valence-corrected chi connectivity index (χ4v) is 3.76. The predicted octanol–water partition coefficient (Wildman–Crippen LogP) is 4.91. The van der Waals surface area contributed by atoms with E-state index in [9.17, 15) is 0 Å². The van der Waals surface area contributed by atoms with E-state index >= 15 is 0 Å². The van der Waals surface area contributed by atoms with Crippen molar-refractivity contribution in [3.05, 3.63) is 60.9 Å². The molecule has 6 nitrogen and oxygen atoms in total. The second-order valence-corrected chi connectivity index (χ2v) is 6.78. The minimum atomic E-state index is 0.260. The Labute approximate surface area is 153 Å². The van der Waals surface area contributed by atoms with Crippen molar-refractivity contribution in [1.29, 1.82) is 0 Å². The van der Waals surface area contributed by atoms with Gasteiger partial charge >= 0.3 is 0 Å². The summed E-state index contributed by atoms with van der Waals surface area (Å²) in [6.07, 6.45) is 1.57. The first-order valence-corrected chi connectivity index (χ1v) is 8.90. The van der Waals surface area contributed by atoms with Crippen molar-refractivity contribution in [2.24, 2.45) is 0 Å². The minimum Gasteiger partial charge on any atom is -0.454 e. The molecule has 0 fully saturated rings. The van der Waals surface area contributed by atoms with Crippen LogP contribution in [0.25, 0.3) is 10.2 Å². The maximum atomic E-state index is 5.43. The van der Waals surface area contributed by atoms with Crippen LogP contribution in [-0.2, 0) is 0 Å². The molecule has 0 aliphatic carbocycles. The van der Waals surface area contributed by atoms with E-state index in [1.54, 1.807) is 17.7 Å². The van der Waals surface area contributed by atoms with E-state index in [0.717, 1.165) is 43.9 Å². The third-order valence-electron chi connectivity index (χ3n) is 3.99. The second kappa shape index (κ2) is 6.20. The number of ether oxygens (including phenoxy) is 2. The first kappa shape index (κ1) is 15.0. The van der Waals surface area contributed by atoms with Gasteiger partial charge in [0.1, 0.15) is 6.33 Å². The molecule has 2 aromatic carbocycles. The summed E-state index contributed by atoms with van der Waals surface area (Å²) in [6.45, 7) is 0.260. The molecule has 4 aromatic rings. The Morgan fingerprint density at radius 3 is 2.65 bits per heavy atom. The Morgan fingerprint density at radius 1 is 0.846 bits per heavy atom. The fraction of sp³-hybridized carbons (Fsp3) is 0.0526. The van der Waals surface area contributed by atoms with Crippen LogP contribution in [0.3, 0.4) is 0 Å². The summed E-state index contributed by atoms with van der Waals surface area (Å²) in [5, 5.41) is 7.77. The second-order valence-electron chi connectivity index (χ2n) is 5.73. The zero-order valence-electron chi connectivity index (χ0n) is 13.6. The monoisotopic (exact) mass is 362 g/mol. The number of benzene rings is 2. The molecular formula is C19H14N4O2S. The number of anilines is 4. The number of hydrogen-bond donors (Lipinski definition) is 2. The standard InChI is InChI=1S/C19H14N4O2S/c1-2-4-12(5-3-1)22-17-9-14-18(26-17)19(21-10-20-14)23-13-6-7-15-16(8-13)25-11-24-15/h1-10,22H,11H2,(H,20,21,23). The lowest BCUT2D eigenvalue weighted by Gasteiger charge is -2.07. The lowest BCUT2D eigenvalue weighted by Crippen LogP contribution is -1.94. The van der Waals surface area contributed by atoms with E-state index < -0.39 is 0 Å². The zero-order valence-corrected chi connectivity index (χ0v) is 14.4. The largest absolute Gasteiger partial charge is 0.454 e. The molecule has 0 bridgehead atoms. The van der Waals surface area contributed by atoms with Gasteiger partial charge in [0, 0.05) is 17.4 Å². The van der Waals surface area contributed by atoms with Gasteiger partial charge in [-0.05, 0) is 30.3 Å². The number of rotatable bonds is 4. The summed E-state index contributed by atoms with van der Waals surface area (Å²) in [4.78, 5) is 8.78. The van der Waals surface area contributed by atoms with E-state index in [-0.39, 0.29) is 6.79 Å². The topological polar surface area (TPSA) is 68.3 Å². The highest BCUT2D eigenvalue weighted by molar-refractivity contribution is 7.23. The van der Waals surface area contributed by atoms with Crippen LogP contribution in [0.2, 0.25) is 0 Å². The maximum absolute atomic E-state index is 5.43. The summed E-state index contributed by atoms with van der Waals surface area (Å²) in [6, 6.07) is 17.8. The van der Waals surface area contributed by atoms with Crippen molar-refractivity contribution in [2.75, 3.05) is 17.4 Å². The highest BCUT2D eigenvalue weighted by Gasteiger charge is 2.15.